The van der Waals surface area contributed by atoms with Crippen LogP contribution in [0, 0.1) is 0 Å². The van der Waals surface area contributed by atoms with E-state index in [1.165, 1.54) is 6.92 Å². The third-order valence-electron chi connectivity index (χ3n) is 2.39. The first kappa shape index (κ1) is 14.0. The minimum absolute atomic E-state index is 0.0535. The molecule has 1 aromatic carbocycles. The molecule has 0 heterocycles. The number of carbonyl (C=O) groups is 2. The lowest BCUT2D eigenvalue weighted by atomic mass is 10.2. The lowest BCUT2D eigenvalue weighted by molar-refractivity contribution is -0.120. The molecule has 18 heavy (non-hydrogen) atoms. The van der Waals surface area contributed by atoms with Gasteiger partial charge in [-0.05, 0) is 30.7 Å². The number of amides is 2. The summed E-state index contributed by atoms with van der Waals surface area (Å²) in [7, 11) is 1.64. The van der Waals surface area contributed by atoms with Crippen molar-refractivity contribution in [1.82, 2.24) is 5.32 Å². The molecule has 98 valence electrons. The molecule has 0 aliphatic rings. The summed E-state index contributed by atoms with van der Waals surface area (Å²) in [6.45, 7) is 2.22. The molecule has 0 spiro atoms. The van der Waals surface area contributed by atoms with Crippen molar-refractivity contribution in [2.24, 2.45) is 0 Å². The molecule has 0 fully saturated rings. The second-order valence-corrected chi connectivity index (χ2v) is 3.96. The van der Waals surface area contributed by atoms with Crippen molar-refractivity contribution in [2.75, 3.05) is 24.2 Å². The summed E-state index contributed by atoms with van der Waals surface area (Å²) in [4.78, 5) is 21.8. The smallest absolute Gasteiger partial charge is 0.221 e. The Morgan fingerprint density at radius 2 is 1.72 bits per heavy atom. The predicted molar refractivity (Wildman–Crippen MR) is 72.5 cm³/mol. The highest BCUT2D eigenvalue weighted by molar-refractivity contribution is 5.88. The third kappa shape index (κ3) is 5.34. The second-order valence-electron chi connectivity index (χ2n) is 3.96. The van der Waals surface area contributed by atoms with Crippen LogP contribution in [0.3, 0.4) is 0 Å². The maximum Gasteiger partial charge on any atom is 0.221 e. The number of anilines is 2. The van der Waals surface area contributed by atoms with Crippen LogP contribution >= 0.6 is 0 Å². The molecule has 0 saturated carbocycles. The van der Waals surface area contributed by atoms with E-state index in [1.54, 1.807) is 7.05 Å². The summed E-state index contributed by atoms with van der Waals surface area (Å²) < 4.78 is 0. The zero-order chi connectivity index (χ0) is 13.4. The summed E-state index contributed by atoms with van der Waals surface area (Å²) in [5, 5.41) is 8.50. The van der Waals surface area contributed by atoms with Crippen LogP contribution < -0.4 is 16.0 Å². The van der Waals surface area contributed by atoms with Crippen molar-refractivity contribution in [2.45, 2.75) is 19.8 Å². The van der Waals surface area contributed by atoms with Gasteiger partial charge in [0.25, 0.3) is 0 Å². The zero-order valence-corrected chi connectivity index (χ0v) is 10.7. The lowest BCUT2D eigenvalue weighted by Crippen LogP contribution is -2.18. The molecular weight excluding hydrogens is 230 g/mol. The molecule has 0 aliphatic heterocycles. The van der Waals surface area contributed by atoms with Crippen LogP contribution in [0.1, 0.15) is 19.8 Å². The molecule has 0 radical (unpaired) electrons. The Morgan fingerprint density at radius 3 is 2.28 bits per heavy atom. The van der Waals surface area contributed by atoms with Gasteiger partial charge in [-0.2, -0.15) is 0 Å². The molecule has 1 aromatic rings. The number of nitrogens with one attached hydrogen (secondary N) is 3. The molecule has 1 rings (SSSR count). The van der Waals surface area contributed by atoms with Crippen LogP contribution in [0.4, 0.5) is 11.4 Å². The highest BCUT2D eigenvalue weighted by atomic mass is 16.2. The van der Waals surface area contributed by atoms with E-state index in [0.29, 0.717) is 6.42 Å². The van der Waals surface area contributed by atoms with Crippen LogP contribution in [0.25, 0.3) is 0 Å². The monoisotopic (exact) mass is 249 g/mol. The SMILES string of the molecule is CNC(=O)CCCNc1ccc(NC(C)=O)cc1. The number of rotatable bonds is 6. The molecule has 0 saturated heterocycles. The molecule has 0 aromatic heterocycles. The molecule has 5 heteroatoms. The second kappa shape index (κ2) is 7.32. The highest BCUT2D eigenvalue weighted by Crippen LogP contribution is 2.13. The molecule has 0 unspecified atom stereocenters. The van der Waals surface area contributed by atoms with Gasteiger partial charge >= 0.3 is 0 Å². The first-order valence-corrected chi connectivity index (χ1v) is 5.94. The van der Waals surface area contributed by atoms with E-state index in [9.17, 15) is 9.59 Å². The van der Waals surface area contributed by atoms with Gasteiger partial charge in [-0.15, -0.1) is 0 Å². The summed E-state index contributed by atoms with van der Waals surface area (Å²) in [5.41, 5.74) is 1.75. The van der Waals surface area contributed by atoms with Gasteiger partial charge in [0.2, 0.25) is 11.8 Å². The van der Waals surface area contributed by atoms with E-state index in [4.69, 9.17) is 0 Å². The number of carbonyl (C=O) groups excluding carboxylic acids is 2. The maximum absolute atomic E-state index is 11.0. The van der Waals surface area contributed by atoms with E-state index in [-0.39, 0.29) is 11.8 Å². The minimum Gasteiger partial charge on any atom is -0.385 e. The van der Waals surface area contributed by atoms with E-state index in [0.717, 1.165) is 24.3 Å². The van der Waals surface area contributed by atoms with E-state index in [2.05, 4.69) is 16.0 Å². The van der Waals surface area contributed by atoms with Crippen molar-refractivity contribution in [3.05, 3.63) is 24.3 Å². The van der Waals surface area contributed by atoms with Gasteiger partial charge in [-0.25, -0.2) is 0 Å². The zero-order valence-electron chi connectivity index (χ0n) is 10.7. The van der Waals surface area contributed by atoms with Gasteiger partial charge in [0, 0.05) is 38.3 Å². The normalized spacial score (nSPS) is 9.67. The maximum atomic E-state index is 11.0. The van der Waals surface area contributed by atoms with Crippen LogP contribution in [0.2, 0.25) is 0 Å². The minimum atomic E-state index is -0.0821. The fourth-order valence-electron chi connectivity index (χ4n) is 1.48. The molecule has 3 N–H and O–H groups in total. The summed E-state index contributed by atoms with van der Waals surface area (Å²) in [6, 6.07) is 7.46. The van der Waals surface area contributed by atoms with Crippen molar-refractivity contribution in [1.29, 1.82) is 0 Å². The van der Waals surface area contributed by atoms with Crippen molar-refractivity contribution < 1.29 is 9.59 Å². The molecule has 0 bridgehead atoms. The largest absolute Gasteiger partial charge is 0.385 e. The summed E-state index contributed by atoms with van der Waals surface area (Å²) >= 11 is 0. The summed E-state index contributed by atoms with van der Waals surface area (Å²) in [6.07, 6.45) is 1.31. The molecule has 2 amide bonds. The van der Waals surface area contributed by atoms with E-state index >= 15 is 0 Å². The van der Waals surface area contributed by atoms with Gasteiger partial charge in [0.15, 0.2) is 0 Å². The van der Waals surface area contributed by atoms with Crippen molar-refractivity contribution >= 4 is 23.2 Å². The van der Waals surface area contributed by atoms with Gasteiger partial charge in [0.05, 0.1) is 0 Å². The number of benzene rings is 1. The third-order valence-corrected chi connectivity index (χ3v) is 2.39. The Labute approximate surface area is 107 Å². The van der Waals surface area contributed by atoms with E-state index in [1.807, 2.05) is 24.3 Å². The fourth-order valence-corrected chi connectivity index (χ4v) is 1.48. The average Bonchev–Trinajstić information content (AvgIpc) is 2.35. The van der Waals surface area contributed by atoms with Gasteiger partial charge in [-0.3, -0.25) is 9.59 Å². The Balaban J connectivity index is 2.31. The number of hydrogen-bond acceptors (Lipinski definition) is 3. The standard InChI is InChI=1S/C13H19N3O2/c1-10(17)16-12-7-5-11(6-8-12)15-9-3-4-13(18)14-2/h5-8,15H,3-4,9H2,1-2H3,(H,14,18)(H,16,17). The summed E-state index contributed by atoms with van der Waals surface area (Å²) in [5.74, 6) is -0.0286. The Kier molecular flexibility index (Phi) is 5.70. The van der Waals surface area contributed by atoms with Gasteiger partial charge in [0.1, 0.15) is 0 Å². The highest BCUT2D eigenvalue weighted by Gasteiger charge is 1.98. The Hall–Kier alpha value is -2.04. The molecule has 5 nitrogen and oxygen atoms in total. The van der Waals surface area contributed by atoms with Crippen LogP contribution in [-0.4, -0.2) is 25.4 Å². The van der Waals surface area contributed by atoms with Gasteiger partial charge in [-0.1, -0.05) is 0 Å². The lowest BCUT2D eigenvalue weighted by Gasteiger charge is -2.07. The van der Waals surface area contributed by atoms with Crippen molar-refractivity contribution in [3.8, 4) is 0 Å². The Bertz CT molecular complexity index is 401. The first-order chi connectivity index (χ1) is 8.61. The van der Waals surface area contributed by atoms with Crippen LogP contribution in [0.15, 0.2) is 24.3 Å². The van der Waals surface area contributed by atoms with Gasteiger partial charge < -0.3 is 16.0 Å². The molecular formula is C13H19N3O2. The molecule has 0 atom stereocenters. The quantitative estimate of drug-likeness (QED) is 0.670. The number of hydrogen-bond donors (Lipinski definition) is 3. The van der Waals surface area contributed by atoms with Crippen LogP contribution in [-0.2, 0) is 9.59 Å². The predicted octanol–water partition coefficient (Wildman–Crippen LogP) is 1.58. The average molecular weight is 249 g/mol. The van der Waals surface area contributed by atoms with E-state index < -0.39 is 0 Å². The van der Waals surface area contributed by atoms with Crippen LogP contribution in [0.5, 0.6) is 0 Å². The van der Waals surface area contributed by atoms with Crippen molar-refractivity contribution in [3.63, 3.8) is 0 Å². The Morgan fingerprint density at radius 1 is 1.11 bits per heavy atom. The topological polar surface area (TPSA) is 70.2 Å². The molecule has 0 aliphatic carbocycles. The first-order valence-electron chi connectivity index (χ1n) is 5.94. The fraction of sp³-hybridized carbons (Fsp3) is 0.385.